The lowest BCUT2D eigenvalue weighted by molar-refractivity contribution is -0.254. The van der Waals surface area contributed by atoms with Crippen LogP contribution < -0.4 is 11.2 Å². The van der Waals surface area contributed by atoms with Crippen molar-refractivity contribution in [3.63, 3.8) is 0 Å². The molecule has 348 valence electrons. The Labute approximate surface area is 371 Å². The van der Waals surface area contributed by atoms with Crippen LogP contribution >= 0.6 is 0 Å². The summed E-state index contributed by atoms with van der Waals surface area (Å²) >= 11 is 0. The minimum Gasteiger partial charge on any atom is -0.481 e. The first-order chi connectivity index (χ1) is 29.5. The van der Waals surface area contributed by atoms with E-state index in [1.807, 2.05) is 6.20 Å². The molecule has 5 aliphatic carbocycles. The molecule has 0 amide bonds. The van der Waals surface area contributed by atoms with Crippen LogP contribution in [-0.4, -0.2) is 72.1 Å². The van der Waals surface area contributed by atoms with Crippen LogP contribution in [0.4, 0.5) is 0 Å². The van der Waals surface area contributed by atoms with Crippen LogP contribution in [0.3, 0.4) is 0 Å². The fourth-order valence-corrected chi connectivity index (χ4v) is 15.4. The number of H-pyrrole nitrogens is 1. The zero-order valence-electron chi connectivity index (χ0n) is 39.2. The number of hydrogen-bond donors (Lipinski definition) is 3. The Bertz CT molecular complexity index is 2230. The number of aromatic amines is 1. The predicted molar refractivity (Wildman–Crippen MR) is 235 cm³/mol. The zero-order valence-corrected chi connectivity index (χ0v) is 39.2. The molecule has 5 saturated carbocycles. The van der Waals surface area contributed by atoms with Gasteiger partial charge in [0.25, 0.3) is 5.56 Å². The van der Waals surface area contributed by atoms with Gasteiger partial charge in [0.05, 0.1) is 50.0 Å². The number of aromatic nitrogens is 5. The molecule has 63 heavy (non-hydrogen) atoms. The predicted octanol–water partition coefficient (Wildman–Crippen LogP) is 7.54. The maximum absolute atomic E-state index is 13.1. The standard InChI is InChI=1S/C49H73N5O9/c1-28(2)31-13-18-49(27-62-39(56)22-44(4,5)42(58)59)20-19-47(9)32(40(31)49)11-12-36-46(8)16-15-37(45(6,7)35(46)14-17-48(36,47)10)61-26-30-24-54(52-51-30)33-21-38(63-34(33)25-55)53-23-29(3)41(57)50-43(53)60/h23-24,31-38,40,55H,1,11-22,25-27H2,2-10H3,(H,58,59)(H,50,57,60)/t31-,32+,33-,34+,35-,36+,37-,38+,40+,46-,47+,48+,49+/m0/s1. The number of carboxylic acids is 1. The molecule has 13 atom stereocenters. The topological polar surface area (TPSA) is 188 Å². The van der Waals surface area contributed by atoms with Crippen molar-refractivity contribution in [3.8, 4) is 0 Å². The second-order valence-electron chi connectivity index (χ2n) is 23.0. The van der Waals surface area contributed by atoms with E-state index in [-0.39, 0.29) is 52.2 Å². The van der Waals surface area contributed by atoms with Crippen LogP contribution in [0.15, 0.2) is 34.1 Å². The number of carbonyl (C=O) groups excluding carboxylic acids is 1. The van der Waals surface area contributed by atoms with Gasteiger partial charge in [-0.2, -0.15) is 0 Å². The Hall–Kier alpha value is -3.62. The van der Waals surface area contributed by atoms with Gasteiger partial charge in [0.2, 0.25) is 0 Å². The number of carboxylic acid groups (broad SMARTS) is 1. The van der Waals surface area contributed by atoms with Crippen molar-refractivity contribution in [1.82, 2.24) is 24.5 Å². The number of nitrogens with one attached hydrogen (secondary N) is 1. The Balaban J connectivity index is 0.951. The lowest BCUT2D eigenvalue weighted by Gasteiger charge is -2.73. The van der Waals surface area contributed by atoms with Crippen molar-refractivity contribution >= 4 is 11.9 Å². The molecule has 1 aliphatic heterocycles. The number of aliphatic hydroxyl groups is 1. The van der Waals surface area contributed by atoms with Crippen molar-refractivity contribution in [1.29, 1.82) is 0 Å². The van der Waals surface area contributed by atoms with Crippen LogP contribution in [0.2, 0.25) is 0 Å². The molecule has 3 N–H and O–H groups in total. The molecule has 6 fully saturated rings. The van der Waals surface area contributed by atoms with Crippen molar-refractivity contribution in [2.45, 2.75) is 170 Å². The Morgan fingerprint density at radius 2 is 1.73 bits per heavy atom. The van der Waals surface area contributed by atoms with E-state index < -0.39 is 40.9 Å². The van der Waals surface area contributed by atoms with Gasteiger partial charge in [-0.3, -0.25) is 23.9 Å². The third-order valence-electron chi connectivity index (χ3n) is 19.0. The molecule has 14 nitrogen and oxygen atoms in total. The monoisotopic (exact) mass is 876 g/mol. The summed E-state index contributed by atoms with van der Waals surface area (Å²) in [7, 11) is 0. The first kappa shape index (κ1) is 45.9. The Morgan fingerprint density at radius 3 is 2.43 bits per heavy atom. The highest BCUT2D eigenvalue weighted by atomic mass is 16.5. The first-order valence-corrected chi connectivity index (χ1v) is 23.7. The van der Waals surface area contributed by atoms with E-state index in [0.717, 1.165) is 51.4 Å². The number of rotatable bonds is 12. The van der Waals surface area contributed by atoms with Crippen molar-refractivity contribution in [2.75, 3.05) is 13.2 Å². The smallest absolute Gasteiger partial charge is 0.330 e. The molecular formula is C49H73N5O9. The molecule has 2 aromatic rings. The van der Waals surface area contributed by atoms with Crippen LogP contribution in [0, 0.1) is 69.0 Å². The summed E-state index contributed by atoms with van der Waals surface area (Å²) in [5.74, 6) is 0.934. The van der Waals surface area contributed by atoms with Gasteiger partial charge in [-0.05, 0) is 143 Å². The van der Waals surface area contributed by atoms with Crippen LogP contribution in [-0.2, 0) is 30.4 Å². The van der Waals surface area contributed by atoms with Gasteiger partial charge in [-0.25, -0.2) is 9.48 Å². The summed E-state index contributed by atoms with van der Waals surface area (Å²) in [6, 6.07) is -0.359. The SMILES string of the molecule is C=C(C)[C@@H]1CC[C@]2(COC(=O)CC(C)(C)C(=O)O)CC[C@]3(C)[C@H](CC[C@@H]4[C@@]5(C)CC[C@H](OCc6cn([C@H]7C[C@H](n8cc(C)c(=O)[nH]c8=O)O[C@@H]7CO)nn6)C(C)(C)[C@@H]5CC[C@]43C)[C@@H]12. The molecule has 1 saturated heterocycles. The lowest BCUT2D eigenvalue weighted by atomic mass is 9.32. The minimum absolute atomic E-state index is 0.0469. The molecule has 14 heteroatoms. The van der Waals surface area contributed by atoms with E-state index in [1.165, 1.54) is 29.2 Å². The molecule has 0 aromatic carbocycles. The van der Waals surface area contributed by atoms with Gasteiger partial charge in [-0.15, -0.1) is 5.10 Å². The van der Waals surface area contributed by atoms with Gasteiger partial charge in [0.15, 0.2) is 0 Å². The normalized spacial score (nSPS) is 39.4. The van der Waals surface area contributed by atoms with E-state index in [0.29, 0.717) is 60.5 Å². The number of aryl methyl sites for hydroxylation is 1. The van der Waals surface area contributed by atoms with Crippen LogP contribution in [0.25, 0.3) is 0 Å². The summed E-state index contributed by atoms with van der Waals surface area (Å²) in [5.41, 5.74) is 0.427. The highest BCUT2D eigenvalue weighted by Gasteiger charge is 2.71. The second-order valence-corrected chi connectivity index (χ2v) is 23.0. The zero-order chi connectivity index (χ0) is 45.7. The van der Waals surface area contributed by atoms with Crippen molar-refractivity contribution in [3.05, 3.63) is 56.6 Å². The molecule has 0 unspecified atom stereocenters. The molecular weight excluding hydrogens is 803 g/mol. The number of allylic oxidation sites excluding steroid dienone is 1. The number of aliphatic carboxylic acids is 1. The van der Waals surface area contributed by atoms with Gasteiger partial charge < -0.3 is 24.4 Å². The minimum atomic E-state index is -1.17. The summed E-state index contributed by atoms with van der Waals surface area (Å²) in [4.78, 5) is 51.9. The fourth-order valence-electron chi connectivity index (χ4n) is 15.4. The number of nitrogens with zero attached hydrogens (tertiary/aromatic N) is 4. The molecule has 3 heterocycles. The summed E-state index contributed by atoms with van der Waals surface area (Å²) in [6.45, 7) is 24.6. The Morgan fingerprint density at radius 1 is 0.984 bits per heavy atom. The summed E-state index contributed by atoms with van der Waals surface area (Å²) in [6.07, 6.45) is 13.3. The average Bonchev–Trinajstić information content (AvgIpc) is 3.96. The van der Waals surface area contributed by atoms with E-state index in [2.05, 4.69) is 63.4 Å². The van der Waals surface area contributed by atoms with Gasteiger partial charge >= 0.3 is 17.6 Å². The van der Waals surface area contributed by atoms with Gasteiger partial charge in [-0.1, -0.05) is 52.0 Å². The van der Waals surface area contributed by atoms with Crippen molar-refractivity contribution in [2.24, 2.45) is 62.1 Å². The molecule has 0 radical (unpaired) electrons. The molecule has 8 rings (SSSR count). The number of aliphatic hydroxyl groups excluding tert-OH is 1. The maximum atomic E-state index is 13.1. The second kappa shape index (κ2) is 16.1. The van der Waals surface area contributed by atoms with E-state index in [4.69, 9.17) is 14.2 Å². The molecule has 0 bridgehead atoms. The number of fused-ring (bicyclic) bond motifs is 7. The number of hydrogen-bond acceptors (Lipinski definition) is 10. The number of ether oxygens (including phenoxy) is 3. The lowest BCUT2D eigenvalue weighted by Crippen LogP contribution is -2.67. The van der Waals surface area contributed by atoms with Gasteiger partial charge in [0, 0.05) is 23.6 Å². The third-order valence-corrected chi connectivity index (χ3v) is 19.0. The van der Waals surface area contributed by atoms with Crippen LogP contribution in [0.5, 0.6) is 0 Å². The number of esters is 1. The summed E-state index contributed by atoms with van der Waals surface area (Å²) < 4.78 is 22.1. The summed E-state index contributed by atoms with van der Waals surface area (Å²) in [5, 5.41) is 28.8. The van der Waals surface area contributed by atoms with Crippen molar-refractivity contribution < 1.29 is 34.0 Å². The van der Waals surface area contributed by atoms with E-state index in [1.54, 1.807) is 25.5 Å². The fraction of sp³-hybridized carbons (Fsp3) is 0.796. The first-order valence-electron chi connectivity index (χ1n) is 23.7. The largest absolute Gasteiger partial charge is 0.481 e. The highest BCUT2D eigenvalue weighted by Crippen LogP contribution is 2.77. The molecule has 0 spiro atoms. The third kappa shape index (κ3) is 7.40. The Kier molecular flexibility index (Phi) is 11.7. The molecule has 6 aliphatic rings. The van der Waals surface area contributed by atoms with Crippen LogP contribution in [0.1, 0.15) is 156 Å². The number of carbonyl (C=O) groups is 2. The molecule has 2 aromatic heterocycles. The van der Waals surface area contributed by atoms with E-state index in [9.17, 15) is 29.4 Å². The average molecular weight is 876 g/mol. The highest BCUT2D eigenvalue weighted by molar-refractivity contribution is 5.81. The van der Waals surface area contributed by atoms with E-state index >= 15 is 0 Å². The maximum Gasteiger partial charge on any atom is 0.330 e. The quantitative estimate of drug-likeness (QED) is 0.141. The van der Waals surface area contributed by atoms with Gasteiger partial charge in [0.1, 0.15) is 18.0 Å².